The van der Waals surface area contributed by atoms with Crippen molar-refractivity contribution in [1.29, 1.82) is 0 Å². The van der Waals surface area contributed by atoms with Crippen molar-refractivity contribution in [1.82, 2.24) is 9.88 Å². The molecule has 1 aliphatic rings. The van der Waals surface area contributed by atoms with Gasteiger partial charge < -0.3 is 5.32 Å². The molecule has 0 spiro atoms. The molecule has 7 heteroatoms. The molecule has 5 nitrogen and oxygen atoms in total. The fraction of sp³-hybridized carbons (Fsp3) is 0.0909. The molecule has 0 unspecified atom stereocenters. The van der Waals surface area contributed by atoms with Crippen LogP contribution < -0.4 is 5.32 Å². The van der Waals surface area contributed by atoms with Gasteiger partial charge in [-0.1, -0.05) is 42.2 Å². The summed E-state index contributed by atoms with van der Waals surface area (Å²) in [7, 11) is 0. The Hall–Kier alpha value is -3.03. The summed E-state index contributed by atoms with van der Waals surface area (Å²) in [5, 5.41) is 3.81. The quantitative estimate of drug-likeness (QED) is 0.490. The Balaban J connectivity index is 1.48. The van der Waals surface area contributed by atoms with Crippen LogP contribution in [-0.4, -0.2) is 32.6 Å². The minimum absolute atomic E-state index is 0.0642. The minimum atomic E-state index is -0.188. The van der Waals surface area contributed by atoms with Crippen molar-refractivity contribution in [2.24, 2.45) is 0 Å². The number of amides is 2. The molecule has 0 radical (unpaired) electrons. The van der Waals surface area contributed by atoms with Crippen LogP contribution in [0.2, 0.25) is 0 Å². The molecule has 0 atom stereocenters. The van der Waals surface area contributed by atoms with Gasteiger partial charge in [-0.3, -0.25) is 19.5 Å². The van der Waals surface area contributed by atoms with Crippen molar-refractivity contribution in [3.05, 3.63) is 76.8 Å². The number of pyridine rings is 1. The highest BCUT2D eigenvalue weighted by Crippen LogP contribution is 2.32. The zero-order chi connectivity index (χ0) is 20.4. The first-order valence-corrected chi connectivity index (χ1v) is 10.3. The van der Waals surface area contributed by atoms with Gasteiger partial charge in [0.25, 0.3) is 11.8 Å². The summed E-state index contributed by atoms with van der Waals surface area (Å²) in [4.78, 5) is 31.3. The average molecular weight is 420 g/mol. The zero-order valence-corrected chi connectivity index (χ0v) is 17.2. The second-order valence-corrected chi connectivity index (χ2v) is 8.09. The number of hydrogen-bond acceptors (Lipinski definition) is 5. The summed E-state index contributed by atoms with van der Waals surface area (Å²) >= 11 is 6.54. The van der Waals surface area contributed by atoms with Crippen molar-refractivity contribution in [3.8, 4) is 0 Å². The Labute approximate surface area is 177 Å². The maximum atomic E-state index is 12.6. The number of nitrogens with zero attached hydrogens (tertiary/aromatic N) is 2. The molecule has 2 aromatic carbocycles. The Morgan fingerprint density at radius 3 is 2.72 bits per heavy atom. The predicted octanol–water partition coefficient (Wildman–Crippen LogP) is 4.71. The molecule has 1 aliphatic heterocycles. The summed E-state index contributed by atoms with van der Waals surface area (Å²) in [5.41, 5.74) is 2.97. The molecule has 1 aromatic heterocycles. The molecule has 1 saturated heterocycles. The topological polar surface area (TPSA) is 62.3 Å². The molecule has 0 saturated carbocycles. The van der Waals surface area contributed by atoms with Gasteiger partial charge in [-0.2, -0.15) is 0 Å². The maximum Gasteiger partial charge on any atom is 0.266 e. The number of benzene rings is 2. The van der Waals surface area contributed by atoms with Crippen LogP contribution in [0.15, 0.2) is 65.7 Å². The largest absolute Gasteiger partial charge is 0.322 e. The van der Waals surface area contributed by atoms with Gasteiger partial charge in [-0.15, -0.1) is 0 Å². The molecule has 1 N–H and O–H groups in total. The lowest BCUT2D eigenvalue weighted by atomic mass is 10.1. The second-order valence-electron chi connectivity index (χ2n) is 6.41. The standard InChI is InChI=1S/C22H17N3O2S2/c1-2-25-21(27)19(29-22(25)28)12-14-5-8-17(9-6-14)24-20(26)16-7-10-18-15(13-16)4-3-11-23-18/h3-13H,2H2,1H3,(H,24,26)/b19-12+. The molecular formula is C22H17N3O2S2. The second kappa shape index (κ2) is 8.14. The number of fused-ring (bicyclic) bond motifs is 1. The molecule has 1 fully saturated rings. The maximum absolute atomic E-state index is 12.6. The Morgan fingerprint density at radius 2 is 2.00 bits per heavy atom. The number of thiocarbonyl (C=S) groups is 1. The number of rotatable bonds is 4. The first-order chi connectivity index (χ1) is 14.0. The number of hydrogen-bond donors (Lipinski definition) is 1. The normalized spacial score (nSPS) is 15.3. The van der Waals surface area contributed by atoms with E-state index in [9.17, 15) is 9.59 Å². The summed E-state index contributed by atoms with van der Waals surface area (Å²) < 4.78 is 0.582. The van der Waals surface area contributed by atoms with Crippen LogP contribution in [0, 0.1) is 0 Å². The van der Waals surface area contributed by atoms with E-state index in [0.717, 1.165) is 16.5 Å². The van der Waals surface area contributed by atoms with Crippen LogP contribution in [0.4, 0.5) is 5.69 Å². The number of likely N-dealkylation sites (N-methyl/N-ethyl adjacent to an activating group) is 1. The molecule has 29 heavy (non-hydrogen) atoms. The average Bonchev–Trinajstić information content (AvgIpc) is 3.01. The number of nitrogens with one attached hydrogen (secondary N) is 1. The molecule has 3 aromatic rings. The third kappa shape index (κ3) is 4.06. The Kier molecular flexibility index (Phi) is 5.42. The number of carbonyl (C=O) groups excluding carboxylic acids is 2. The van der Waals surface area contributed by atoms with Gasteiger partial charge in [-0.25, -0.2) is 0 Å². The zero-order valence-electron chi connectivity index (χ0n) is 15.6. The number of anilines is 1. The molecule has 2 heterocycles. The molecule has 0 bridgehead atoms. The summed E-state index contributed by atoms with van der Waals surface area (Å²) in [6.45, 7) is 2.47. The van der Waals surface area contributed by atoms with E-state index in [1.165, 1.54) is 11.8 Å². The number of thioether (sulfide) groups is 1. The van der Waals surface area contributed by atoms with Gasteiger partial charge in [0.15, 0.2) is 0 Å². The van der Waals surface area contributed by atoms with Gasteiger partial charge >= 0.3 is 0 Å². The van der Waals surface area contributed by atoms with Crippen LogP contribution in [0.1, 0.15) is 22.8 Å². The van der Waals surface area contributed by atoms with Crippen LogP contribution in [0.5, 0.6) is 0 Å². The van der Waals surface area contributed by atoms with E-state index >= 15 is 0 Å². The first-order valence-electron chi connectivity index (χ1n) is 9.07. The highest BCUT2D eigenvalue weighted by Gasteiger charge is 2.30. The van der Waals surface area contributed by atoms with Crippen molar-refractivity contribution < 1.29 is 9.59 Å². The van der Waals surface area contributed by atoms with Crippen molar-refractivity contribution >= 4 is 62.8 Å². The third-order valence-electron chi connectivity index (χ3n) is 4.52. The smallest absolute Gasteiger partial charge is 0.266 e. The van der Waals surface area contributed by atoms with Gasteiger partial charge in [0.2, 0.25) is 0 Å². The molecule has 4 rings (SSSR count). The lowest BCUT2D eigenvalue weighted by Gasteiger charge is -2.09. The monoisotopic (exact) mass is 419 g/mol. The van der Waals surface area contributed by atoms with Crippen LogP contribution in [0.3, 0.4) is 0 Å². The van der Waals surface area contributed by atoms with Crippen LogP contribution in [-0.2, 0) is 4.79 Å². The van der Waals surface area contributed by atoms with E-state index in [-0.39, 0.29) is 11.8 Å². The highest BCUT2D eigenvalue weighted by atomic mass is 32.2. The number of carbonyl (C=O) groups is 2. The van der Waals surface area contributed by atoms with E-state index < -0.39 is 0 Å². The SMILES string of the molecule is CCN1C(=O)/C(=C\c2ccc(NC(=O)c3ccc4ncccc4c3)cc2)SC1=S. The third-order valence-corrected chi connectivity index (χ3v) is 5.90. The van der Waals surface area contributed by atoms with Crippen molar-refractivity contribution in [2.45, 2.75) is 6.92 Å². The Bertz CT molecular complexity index is 1160. The van der Waals surface area contributed by atoms with Gasteiger partial charge in [0.1, 0.15) is 4.32 Å². The van der Waals surface area contributed by atoms with Crippen molar-refractivity contribution in [2.75, 3.05) is 11.9 Å². The van der Waals surface area contributed by atoms with Crippen LogP contribution >= 0.6 is 24.0 Å². The fourth-order valence-electron chi connectivity index (χ4n) is 3.01. The molecule has 2 amide bonds. The number of aromatic nitrogens is 1. The highest BCUT2D eigenvalue weighted by molar-refractivity contribution is 8.26. The van der Waals surface area contributed by atoms with E-state index in [0.29, 0.717) is 27.0 Å². The van der Waals surface area contributed by atoms with Crippen LogP contribution in [0.25, 0.3) is 17.0 Å². The van der Waals surface area contributed by atoms with Gasteiger partial charge in [-0.05, 0) is 55.0 Å². The predicted molar refractivity (Wildman–Crippen MR) is 122 cm³/mol. The lowest BCUT2D eigenvalue weighted by molar-refractivity contribution is -0.121. The summed E-state index contributed by atoms with van der Waals surface area (Å²) in [6.07, 6.45) is 3.54. The molecule has 144 valence electrons. The van der Waals surface area contributed by atoms with E-state index in [4.69, 9.17) is 12.2 Å². The van der Waals surface area contributed by atoms with E-state index in [2.05, 4.69) is 10.3 Å². The lowest BCUT2D eigenvalue weighted by Crippen LogP contribution is -2.27. The summed E-state index contributed by atoms with van der Waals surface area (Å²) in [6, 6.07) is 16.5. The van der Waals surface area contributed by atoms with E-state index in [1.807, 2.05) is 61.5 Å². The van der Waals surface area contributed by atoms with Gasteiger partial charge in [0, 0.05) is 29.4 Å². The molecular weight excluding hydrogens is 402 g/mol. The molecule has 0 aliphatic carbocycles. The fourth-order valence-corrected chi connectivity index (χ4v) is 4.39. The summed E-state index contributed by atoms with van der Waals surface area (Å²) in [5.74, 6) is -0.252. The minimum Gasteiger partial charge on any atom is -0.322 e. The van der Waals surface area contributed by atoms with Gasteiger partial charge in [0.05, 0.1) is 10.4 Å². The van der Waals surface area contributed by atoms with Crippen molar-refractivity contribution in [3.63, 3.8) is 0 Å². The van der Waals surface area contributed by atoms with E-state index in [1.54, 1.807) is 17.2 Å². The first kappa shape index (κ1) is 19.3. The Morgan fingerprint density at radius 1 is 1.21 bits per heavy atom.